The lowest BCUT2D eigenvalue weighted by molar-refractivity contribution is -0.131. The van der Waals surface area contributed by atoms with E-state index in [9.17, 15) is 14.0 Å². The number of hydrogen-bond donors (Lipinski definition) is 1. The van der Waals surface area contributed by atoms with Crippen molar-refractivity contribution in [1.82, 2.24) is 19.8 Å². The van der Waals surface area contributed by atoms with Crippen LogP contribution in [0.5, 0.6) is 5.75 Å². The highest BCUT2D eigenvalue weighted by atomic mass is 32.1. The molecule has 2 aliphatic heterocycles. The molecule has 0 radical (unpaired) electrons. The number of carbonyl (C=O) groups is 1. The maximum Gasteiger partial charge on any atom is 0.250 e. The number of benzene rings is 2. The molecule has 0 aliphatic carbocycles. The van der Waals surface area contributed by atoms with E-state index < -0.39 is 5.82 Å². The maximum atomic E-state index is 14.6. The van der Waals surface area contributed by atoms with Crippen LogP contribution < -0.4 is 15.6 Å². The molecule has 2 aliphatic rings. The number of thiophene rings is 1. The topological polar surface area (TPSA) is 85.7 Å². The maximum absolute atomic E-state index is 14.6. The van der Waals surface area contributed by atoms with Crippen molar-refractivity contribution in [2.75, 3.05) is 40.0 Å². The Morgan fingerprint density at radius 3 is 2.76 bits per heavy atom. The number of hydrogen-bond acceptors (Lipinski definition) is 7. The Balaban J connectivity index is 1.44. The van der Waals surface area contributed by atoms with Gasteiger partial charge in [0.05, 0.1) is 24.0 Å². The van der Waals surface area contributed by atoms with E-state index >= 15 is 0 Å². The summed E-state index contributed by atoms with van der Waals surface area (Å²) in [6.45, 7) is 6.78. The average molecular weight is 637 g/mol. The van der Waals surface area contributed by atoms with Gasteiger partial charge < -0.3 is 24.3 Å². The van der Waals surface area contributed by atoms with Gasteiger partial charge in [0.1, 0.15) is 18.2 Å². The molecule has 7 rings (SSSR count). The van der Waals surface area contributed by atoms with Gasteiger partial charge in [-0.15, -0.1) is 11.3 Å². The van der Waals surface area contributed by atoms with Crippen LogP contribution in [0.4, 0.5) is 4.39 Å². The van der Waals surface area contributed by atoms with Crippen LogP contribution in [0.25, 0.3) is 43.7 Å². The van der Waals surface area contributed by atoms with E-state index in [1.807, 2.05) is 11.6 Å². The van der Waals surface area contributed by atoms with Gasteiger partial charge in [-0.2, -0.15) is 0 Å². The molecule has 0 spiro atoms. The summed E-state index contributed by atoms with van der Waals surface area (Å²) in [6.07, 6.45) is 4.05. The Hall–Kier alpha value is -4.64. The van der Waals surface area contributed by atoms with E-state index in [1.165, 1.54) is 29.3 Å². The molecule has 3 aromatic heterocycles. The van der Waals surface area contributed by atoms with E-state index in [4.69, 9.17) is 14.5 Å². The third-order valence-corrected chi connectivity index (χ3v) is 9.62. The lowest BCUT2D eigenvalue weighted by atomic mass is 9.93. The van der Waals surface area contributed by atoms with E-state index in [0.29, 0.717) is 36.7 Å². The number of fused-ring (bicyclic) bond motifs is 2. The highest BCUT2D eigenvalue weighted by Gasteiger charge is 2.32. The first-order valence-corrected chi connectivity index (χ1v) is 16.1. The fraction of sp³-hybridized carbons (Fsp3) is 0.250. The predicted molar refractivity (Wildman–Crippen MR) is 179 cm³/mol. The minimum Gasteiger partial charge on any atom is -0.490 e. The lowest BCUT2D eigenvalue weighted by Gasteiger charge is -2.39. The first-order chi connectivity index (χ1) is 22.4. The van der Waals surface area contributed by atoms with Crippen molar-refractivity contribution in [3.8, 4) is 39.4 Å². The molecule has 46 heavy (non-hydrogen) atoms. The predicted octanol–water partition coefficient (Wildman–Crippen LogP) is 5.84. The Kier molecular flexibility index (Phi) is 8.25. The van der Waals surface area contributed by atoms with Gasteiger partial charge >= 0.3 is 0 Å². The summed E-state index contributed by atoms with van der Waals surface area (Å²) in [5.74, 6) is -0.185. The number of likely N-dealkylation sites (tertiary alicyclic amines) is 1. The summed E-state index contributed by atoms with van der Waals surface area (Å²) in [5, 5.41) is 6.46. The molecule has 5 aromatic rings. The second-order valence-corrected chi connectivity index (χ2v) is 12.4. The van der Waals surface area contributed by atoms with E-state index in [-0.39, 0.29) is 24.1 Å². The summed E-state index contributed by atoms with van der Waals surface area (Å²) in [4.78, 5) is 32.2. The first-order valence-electron chi connectivity index (χ1n) is 15.2. The quantitative estimate of drug-likeness (QED) is 0.162. The fourth-order valence-electron chi connectivity index (χ4n) is 6.25. The highest BCUT2D eigenvalue weighted by Crippen LogP contribution is 2.46. The van der Waals surface area contributed by atoms with Gasteiger partial charge in [-0.05, 0) is 65.9 Å². The number of amides is 1. The third-order valence-electron chi connectivity index (χ3n) is 8.69. The van der Waals surface area contributed by atoms with E-state index in [2.05, 4.69) is 36.2 Å². The van der Waals surface area contributed by atoms with Gasteiger partial charge in [-0.1, -0.05) is 18.7 Å². The van der Waals surface area contributed by atoms with Crippen molar-refractivity contribution < 1.29 is 18.7 Å². The number of pyridine rings is 2. The molecule has 0 bridgehead atoms. The van der Waals surface area contributed by atoms with Crippen LogP contribution in [0.3, 0.4) is 0 Å². The number of nitrogens with zero attached hydrogens (tertiary/aromatic N) is 3. The van der Waals surface area contributed by atoms with Gasteiger partial charge in [0, 0.05) is 77.4 Å². The van der Waals surface area contributed by atoms with Gasteiger partial charge in [0.2, 0.25) is 5.91 Å². The standard InChI is InChI=1S/C36H33FN4O4S/c1-3-31(42)40-20-27(21-40)41-19-25(6-9-32(41)43)35-33(28-8-7-26(37)17-30(28)45-14-13-44-2)36-29(11-15-46-36)34(39-35)23-4-5-24-18-38-12-10-22(24)16-23/h3-9,11,15-17,19,27,38H,1,10,12-14,18,20-21H2,2H3. The van der Waals surface area contributed by atoms with E-state index in [0.717, 1.165) is 52.0 Å². The van der Waals surface area contributed by atoms with Crippen LogP contribution in [0, 0.1) is 5.82 Å². The molecule has 5 heterocycles. The lowest BCUT2D eigenvalue weighted by Crippen LogP contribution is -2.52. The Labute approximate surface area is 269 Å². The van der Waals surface area contributed by atoms with Crippen molar-refractivity contribution >= 4 is 27.3 Å². The van der Waals surface area contributed by atoms with Gasteiger partial charge in [0.25, 0.3) is 5.56 Å². The van der Waals surface area contributed by atoms with Crippen LogP contribution >= 0.6 is 11.3 Å². The molecule has 0 unspecified atom stereocenters. The summed E-state index contributed by atoms with van der Waals surface area (Å²) < 4.78 is 28.5. The number of aromatic nitrogens is 2. The molecule has 1 fully saturated rings. The fourth-order valence-corrected chi connectivity index (χ4v) is 7.21. The third kappa shape index (κ3) is 5.53. The summed E-state index contributed by atoms with van der Waals surface area (Å²) in [5.41, 5.74) is 7.15. The second kappa shape index (κ2) is 12.6. The zero-order valence-corrected chi connectivity index (χ0v) is 26.2. The molecule has 234 valence electrons. The first kappa shape index (κ1) is 30.0. The Morgan fingerprint density at radius 1 is 1.09 bits per heavy atom. The minimum absolute atomic E-state index is 0.157. The normalized spacial score (nSPS) is 14.6. The van der Waals surface area contributed by atoms with Crippen molar-refractivity contribution in [1.29, 1.82) is 0 Å². The zero-order valence-electron chi connectivity index (χ0n) is 25.4. The summed E-state index contributed by atoms with van der Waals surface area (Å²) in [6, 6.07) is 16.3. The minimum atomic E-state index is -0.412. The molecule has 1 saturated heterocycles. The summed E-state index contributed by atoms with van der Waals surface area (Å²) >= 11 is 1.59. The number of rotatable bonds is 9. The number of nitrogens with one attached hydrogen (secondary N) is 1. The molecule has 0 atom stereocenters. The number of halogens is 1. The SMILES string of the molecule is C=CC(=O)N1CC(n2cc(-c3nc(-c4ccc5c(c4)CCNC5)c4ccsc4c3-c3ccc(F)cc3OCCOC)ccc2=O)C1. The Morgan fingerprint density at radius 2 is 1.93 bits per heavy atom. The molecular weight excluding hydrogens is 603 g/mol. The van der Waals surface area contributed by atoms with Crippen LogP contribution in [0.15, 0.2) is 83.6 Å². The van der Waals surface area contributed by atoms with Crippen LogP contribution in [-0.2, 0) is 22.5 Å². The summed E-state index contributed by atoms with van der Waals surface area (Å²) in [7, 11) is 1.59. The monoisotopic (exact) mass is 636 g/mol. The molecule has 1 amide bonds. The zero-order chi connectivity index (χ0) is 31.8. The van der Waals surface area contributed by atoms with E-state index in [1.54, 1.807) is 46.1 Å². The number of carbonyl (C=O) groups excluding carboxylic acids is 1. The van der Waals surface area contributed by atoms with Gasteiger partial charge in [-0.3, -0.25) is 9.59 Å². The molecule has 10 heteroatoms. The molecular formula is C36H33FN4O4S. The van der Waals surface area contributed by atoms with Gasteiger partial charge in [0.15, 0.2) is 0 Å². The number of methoxy groups -OCH3 is 1. The van der Waals surface area contributed by atoms with Crippen LogP contribution in [0.1, 0.15) is 17.2 Å². The van der Waals surface area contributed by atoms with Crippen molar-refractivity contribution in [3.05, 3.63) is 106 Å². The molecule has 2 aromatic carbocycles. The molecule has 0 saturated carbocycles. The van der Waals surface area contributed by atoms with Crippen molar-refractivity contribution in [2.45, 2.75) is 19.0 Å². The highest BCUT2D eigenvalue weighted by molar-refractivity contribution is 7.18. The molecule has 8 nitrogen and oxygen atoms in total. The van der Waals surface area contributed by atoms with Crippen LogP contribution in [0.2, 0.25) is 0 Å². The van der Waals surface area contributed by atoms with Crippen LogP contribution in [-0.4, -0.2) is 60.3 Å². The number of ether oxygens (including phenoxy) is 2. The van der Waals surface area contributed by atoms with Gasteiger partial charge in [-0.25, -0.2) is 9.37 Å². The molecule has 1 N–H and O–H groups in total. The smallest absolute Gasteiger partial charge is 0.250 e. The van der Waals surface area contributed by atoms with Crippen molar-refractivity contribution in [3.63, 3.8) is 0 Å². The largest absolute Gasteiger partial charge is 0.490 e. The second-order valence-electron chi connectivity index (χ2n) is 11.5. The Bertz CT molecular complexity index is 2030. The van der Waals surface area contributed by atoms with Crippen molar-refractivity contribution in [2.24, 2.45) is 0 Å². The average Bonchev–Trinajstić information content (AvgIpc) is 3.54.